The van der Waals surface area contributed by atoms with Gasteiger partial charge in [-0.1, -0.05) is 17.7 Å². The van der Waals surface area contributed by atoms with E-state index >= 15 is 0 Å². The Hall–Kier alpha value is -1.39. The number of nitrogens with two attached hydrogens (primary N) is 1. The lowest BCUT2D eigenvalue weighted by Gasteiger charge is -2.37. The van der Waals surface area contributed by atoms with Crippen LogP contribution in [0.2, 0.25) is 0 Å². The number of anilines is 1. The minimum atomic E-state index is -0.476. The number of hydrogen-bond donors (Lipinski definition) is 2. The average Bonchev–Trinajstić information content (AvgIpc) is 2.21. The maximum atomic E-state index is 12.0. The summed E-state index contributed by atoms with van der Waals surface area (Å²) in [5.74, 6) is -0.0455. The molecule has 1 amide bonds. The number of nitrogens with one attached hydrogen (secondary N) is 1. The maximum absolute atomic E-state index is 12.0. The Morgan fingerprint density at radius 2 is 1.89 bits per heavy atom. The topological polar surface area (TPSA) is 64.4 Å². The summed E-state index contributed by atoms with van der Waals surface area (Å²) in [4.78, 5) is 12.0. The number of aryl methyl sites for hydroxylation is 3. The van der Waals surface area contributed by atoms with Gasteiger partial charge in [0.2, 0.25) is 5.91 Å². The van der Waals surface area contributed by atoms with Crippen molar-refractivity contribution >= 4 is 11.6 Å². The highest BCUT2D eigenvalue weighted by molar-refractivity contribution is 5.93. The highest BCUT2D eigenvalue weighted by Crippen LogP contribution is 2.24. The van der Waals surface area contributed by atoms with Gasteiger partial charge in [0, 0.05) is 12.1 Å². The fourth-order valence-corrected chi connectivity index (χ4v) is 2.35. The highest BCUT2D eigenvalue weighted by Gasteiger charge is 2.36. The van der Waals surface area contributed by atoms with E-state index in [-0.39, 0.29) is 5.91 Å². The first-order valence-corrected chi connectivity index (χ1v) is 6.14. The molecular weight excluding hydrogens is 228 g/mol. The molecule has 0 radical (unpaired) electrons. The van der Waals surface area contributed by atoms with Gasteiger partial charge in [0.05, 0.1) is 18.8 Å². The summed E-state index contributed by atoms with van der Waals surface area (Å²) >= 11 is 0. The molecule has 1 aliphatic heterocycles. The summed E-state index contributed by atoms with van der Waals surface area (Å²) in [5.41, 5.74) is 9.75. The van der Waals surface area contributed by atoms with Crippen molar-refractivity contribution in [2.45, 2.75) is 32.7 Å². The first-order valence-electron chi connectivity index (χ1n) is 6.14. The molecule has 0 aliphatic carbocycles. The van der Waals surface area contributed by atoms with Crippen LogP contribution in [-0.4, -0.2) is 24.7 Å². The summed E-state index contributed by atoms with van der Waals surface area (Å²) in [6, 6.07) is 4.13. The molecule has 0 atom stereocenters. The van der Waals surface area contributed by atoms with Crippen LogP contribution in [0, 0.1) is 20.8 Å². The molecule has 2 rings (SSSR count). The van der Waals surface area contributed by atoms with Gasteiger partial charge >= 0.3 is 0 Å². The molecule has 18 heavy (non-hydrogen) atoms. The van der Waals surface area contributed by atoms with E-state index in [2.05, 4.69) is 17.4 Å². The first kappa shape index (κ1) is 13.1. The van der Waals surface area contributed by atoms with Gasteiger partial charge in [-0.15, -0.1) is 0 Å². The third-order valence-electron chi connectivity index (χ3n) is 3.23. The predicted octanol–water partition coefficient (Wildman–Crippen LogP) is 1.67. The molecule has 1 saturated heterocycles. The maximum Gasteiger partial charge on any atom is 0.226 e. The lowest BCUT2D eigenvalue weighted by atomic mass is 9.94. The second-order valence-corrected chi connectivity index (χ2v) is 5.35. The van der Waals surface area contributed by atoms with Crippen molar-refractivity contribution in [3.05, 3.63) is 28.8 Å². The molecule has 0 saturated carbocycles. The Morgan fingerprint density at radius 3 is 2.33 bits per heavy atom. The van der Waals surface area contributed by atoms with Crippen LogP contribution in [0.15, 0.2) is 12.1 Å². The number of amides is 1. The zero-order valence-electron chi connectivity index (χ0n) is 11.2. The Labute approximate surface area is 108 Å². The number of carbonyl (C=O) groups excluding carboxylic acids is 1. The van der Waals surface area contributed by atoms with Crippen molar-refractivity contribution in [3.8, 4) is 0 Å². The van der Waals surface area contributed by atoms with Crippen LogP contribution in [0.1, 0.15) is 23.1 Å². The van der Waals surface area contributed by atoms with E-state index in [1.807, 2.05) is 20.8 Å². The van der Waals surface area contributed by atoms with Crippen LogP contribution in [0.4, 0.5) is 5.69 Å². The molecule has 4 heteroatoms. The first-order chi connectivity index (χ1) is 8.39. The minimum Gasteiger partial charge on any atom is -0.377 e. The Morgan fingerprint density at radius 1 is 1.33 bits per heavy atom. The molecule has 1 fully saturated rings. The SMILES string of the molecule is Cc1cc(C)c(NC(=O)CC2(N)COC2)c(C)c1. The molecule has 1 aromatic carbocycles. The number of carbonyl (C=O) groups is 1. The van der Waals surface area contributed by atoms with E-state index < -0.39 is 5.54 Å². The fourth-order valence-electron chi connectivity index (χ4n) is 2.35. The minimum absolute atomic E-state index is 0.0455. The fraction of sp³-hybridized carbons (Fsp3) is 0.500. The molecule has 0 aromatic heterocycles. The molecule has 0 unspecified atom stereocenters. The molecular formula is C14H20N2O2. The Bertz CT molecular complexity index is 456. The van der Waals surface area contributed by atoms with Crippen molar-refractivity contribution in [2.24, 2.45) is 5.73 Å². The zero-order chi connectivity index (χ0) is 13.3. The van der Waals surface area contributed by atoms with E-state index in [9.17, 15) is 4.79 Å². The second kappa shape index (κ2) is 4.71. The van der Waals surface area contributed by atoms with Crippen LogP contribution in [-0.2, 0) is 9.53 Å². The molecule has 1 aliphatic rings. The normalized spacial score (nSPS) is 17.1. The van der Waals surface area contributed by atoms with E-state index in [1.165, 1.54) is 5.56 Å². The molecule has 4 nitrogen and oxygen atoms in total. The van der Waals surface area contributed by atoms with Gasteiger partial charge in [-0.2, -0.15) is 0 Å². The standard InChI is InChI=1S/C14H20N2O2/c1-9-4-10(2)13(11(3)5-9)16-12(17)6-14(15)7-18-8-14/h4-5H,6-8,15H2,1-3H3,(H,16,17). The molecule has 0 spiro atoms. The van der Waals surface area contributed by atoms with Crippen LogP contribution in [0.25, 0.3) is 0 Å². The summed E-state index contributed by atoms with van der Waals surface area (Å²) < 4.78 is 5.05. The van der Waals surface area contributed by atoms with Crippen LogP contribution in [0.5, 0.6) is 0 Å². The number of ether oxygens (including phenoxy) is 1. The Balaban J connectivity index is 2.07. The average molecular weight is 248 g/mol. The Kier molecular flexibility index (Phi) is 3.41. The van der Waals surface area contributed by atoms with Gasteiger partial charge in [-0.3, -0.25) is 4.79 Å². The van der Waals surface area contributed by atoms with Crippen LogP contribution in [0.3, 0.4) is 0 Å². The van der Waals surface area contributed by atoms with E-state index in [0.717, 1.165) is 16.8 Å². The quantitative estimate of drug-likeness (QED) is 0.855. The second-order valence-electron chi connectivity index (χ2n) is 5.35. The molecule has 3 N–H and O–H groups in total. The van der Waals surface area contributed by atoms with Gasteiger partial charge in [-0.05, 0) is 31.9 Å². The summed E-state index contributed by atoms with van der Waals surface area (Å²) in [6.45, 7) is 6.98. The van der Waals surface area contributed by atoms with E-state index in [1.54, 1.807) is 0 Å². The lowest BCUT2D eigenvalue weighted by Crippen LogP contribution is -2.59. The largest absolute Gasteiger partial charge is 0.377 e. The van der Waals surface area contributed by atoms with Gasteiger partial charge in [0.1, 0.15) is 0 Å². The van der Waals surface area contributed by atoms with Crippen molar-refractivity contribution in [1.82, 2.24) is 0 Å². The van der Waals surface area contributed by atoms with Crippen molar-refractivity contribution in [1.29, 1.82) is 0 Å². The number of rotatable bonds is 3. The predicted molar refractivity (Wildman–Crippen MR) is 71.6 cm³/mol. The van der Waals surface area contributed by atoms with Crippen molar-refractivity contribution < 1.29 is 9.53 Å². The van der Waals surface area contributed by atoms with Crippen LogP contribution >= 0.6 is 0 Å². The molecule has 98 valence electrons. The monoisotopic (exact) mass is 248 g/mol. The van der Waals surface area contributed by atoms with Crippen molar-refractivity contribution in [3.63, 3.8) is 0 Å². The molecule has 1 heterocycles. The summed E-state index contributed by atoms with van der Waals surface area (Å²) in [7, 11) is 0. The number of hydrogen-bond acceptors (Lipinski definition) is 3. The van der Waals surface area contributed by atoms with Crippen molar-refractivity contribution in [2.75, 3.05) is 18.5 Å². The number of benzene rings is 1. The lowest BCUT2D eigenvalue weighted by molar-refractivity contribution is -0.123. The highest BCUT2D eigenvalue weighted by atomic mass is 16.5. The smallest absolute Gasteiger partial charge is 0.226 e. The zero-order valence-corrected chi connectivity index (χ0v) is 11.2. The molecule has 1 aromatic rings. The molecule has 0 bridgehead atoms. The third kappa shape index (κ3) is 2.71. The summed E-state index contributed by atoms with van der Waals surface area (Å²) in [6.07, 6.45) is 0.305. The van der Waals surface area contributed by atoms with Gasteiger partial charge in [0.15, 0.2) is 0 Å². The van der Waals surface area contributed by atoms with Crippen LogP contribution < -0.4 is 11.1 Å². The van der Waals surface area contributed by atoms with Gasteiger partial charge < -0.3 is 15.8 Å². The van der Waals surface area contributed by atoms with Gasteiger partial charge in [-0.25, -0.2) is 0 Å². The summed E-state index contributed by atoms with van der Waals surface area (Å²) in [5, 5.41) is 2.96. The van der Waals surface area contributed by atoms with Gasteiger partial charge in [0.25, 0.3) is 0 Å². The van der Waals surface area contributed by atoms with E-state index in [4.69, 9.17) is 10.5 Å². The third-order valence-corrected chi connectivity index (χ3v) is 3.23. The van der Waals surface area contributed by atoms with E-state index in [0.29, 0.717) is 19.6 Å².